The van der Waals surface area contributed by atoms with Crippen LogP contribution in [0.3, 0.4) is 0 Å². The number of ether oxygens (including phenoxy) is 1. The van der Waals surface area contributed by atoms with Crippen LogP contribution < -0.4 is 9.44 Å². The molecule has 0 radical (unpaired) electrons. The third-order valence-electron chi connectivity index (χ3n) is 6.30. The maximum Gasteiger partial charge on any atom is 0.219 e. The van der Waals surface area contributed by atoms with Crippen LogP contribution in [0.5, 0.6) is 0 Å². The molecule has 0 aromatic carbocycles. The molecule has 1 aliphatic carbocycles. The number of hydrogen-bond donors (Lipinski definition) is 2. The van der Waals surface area contributed by atoms with Crippen LogP contribution in [0.25, 0.3) is 0 Å². The first kappa shape index (κ1) is 23.0. The van der Waals surface area contributed by atoms with Crippen molar-refractivity contribution in [1.29, 1.82) is 0 Å². The topological polar surface area (TPSA) is 53.6 Å². The molecule has 2 N–H and O–H groups in total. The zero-order chi connectivity index (χ0) is 20.0. The molecule has 1 heterocycles. The van der Waals surface area contributed by atoms with E-state index in [1.54, 1.807) is 6.92 Å². The predicted octanol–water partition coefficient (Wildman–Crippen LogP) is 3.69. The van der Waals surface area contributed by atoms with Gasteiger partial charge in [0.05, 0.1) is 18.8 Å². The lowest BCUT2D eigenvalue weighted by molar-refractivity contribution is -0.136. The van der Waals surface area contributed by atoms with Crippen LogP contribution in [0.1, 0.15) is 66.2 Å². The highest BCUT2D eigenvalue weighted by Gasteiger charge is 2.36. The maximum atomic E-state index is 12.2. The number of hydrogen-bond acceptors (Lipinski definition) is 4. The van der Waals surface area contributed by atoms with E-state index < -0.39 is 10.4 Å². The zero-order valence-electron chi connectivity index (χ0n) is 18.4. The molecule has 0 spiro atoms. The van der Waals surface area contributed by atoms with E-state index in [0.29, 0.717) is 18.8 Å². The fraction of sp³-hybridized carbons (Fsp3) is 0.952. The Morgan fingerprint density at radius 2 is 1.85 bits per heavy atom. The Morgan fingerprint density at radius 3 is 2.41 bits per heavy atom. The lowest BCUT2D eigenvalue weighted by atomic mass is 9.80. The molecule has 0 unspecified atom stereocenters. The second kappa shape index (κ2) is 10.5. The number of amides is 1. The summed E-state index contributed by atoms with van der Waals surface area (Å²) in [5.41, 5.74) is 0. The number of piperidine rings is 1. The van der Waals surface area contributed by atoms with Crippen LogP contribution in [0.4, 0.5) is 0 Å². The summed E-state index contributed by atoms with van der Waals surface area (Å²) in [6.45, 7) is 11.0. The maximum absolute atomic E-state index is 12.2. The molecular formula is C21H43N3O2S. The first-order valence-electron chi connectivity index (χ1n) is 10.9. The molecule has 2 aliphatic rings. The van der Waals surface area contributed by atoms with E-state index in [0.717, 1.165) is 37.8 Å². The molecule has 1 saturated carbocycles. The summed E-state index contributed by atoms with van der Waals surface area (Å²) in [4.78, 5) is 14.3. The second-order valence-electron chi connectivity index (χ2n) is 9.09. The molecule has 160 valence electrons. The lowest BCUT2D eigenvalue weighted by Gasteiger charge is -2.46. The van der Waals surface area contributed by atoms with Gasteiger partial charge in [0.15, 0.2) is 0 Å². The smallest absolute Gasteiger partial charge is 0.219 e. The van der Waals surface area contributed by atoms with E-state index in [1.165, 1.54) is 25.7 Å². The van der Waals surface area contributed by atoms with Gasteiger partial charge in [-0.05, 0) is 62.9 Å². The molecule has 27 heavy (non-hydrogen) atoms. The van der Waals surface area contributed by atoms with Crippen molar-refractivity contribution in [2.45, 2.75) is 84.4 Å². The summed E-state index contributed by atoms with van der Waals surface area (Å²) >= 11 is 0. The van der Waals surface area contributed by atoms with Gasteiger partial charge in [0.25, 0.3) is 0 Å². The minimum atomic E-state index is -1.07. The molecule has 5 nitrogen and oxygen atoms in total. The molecule has 0 aromatic heterocycles. The third-order valence-corrected chi connectivity index (χ3v) is 8.20. The fourth-order valence-electron chi connectivity index (χ4n) is 4.73. The molecule has 2 rings (SSSR count). The Labute approximate surface area is 168 Å². The quantitative estimate of drug-likeness (QED) is 0.651. The first-order valence-corrected chi connectivity index (χ1v) is 13.3. The van der Waals surface area contributed by atoms with Crippen LogP contribution in [-0.2, 0) is 9.53 Å². The molecule has 0 aromatic rings. The van der Waals surface area contributed by atoms with Gasteiger partial charge in [0, 0.05) is 26.1 Å². The minimum absolute atomic E-state index is 0.143. The van der Waals surface area contributed by atoms with E-state index in [4.69, 9.17) is 4.74 Å². The van der Waals surface area contributed by atoms with Crippen molar-refractivity contribution >= 4 is 16.3 Å². The molecule has 6 heteroatoms. The summed E-state index contributed by atoms with van der Waals surface area (Å²) in [5.74, 6) is 1.81. The van der Waals surface area contributed by atoms with E-state index in [9.17, 15) is 4.79 Å². The van der Waals surface area contributed by atoms with Crippen molar-refractivity contribution in [1.82, 2.24) is 14.3 Å². The van der Waals surface area contributed by atoms with Crippen molar-refractivity contribution in [2.24, 2.45) is 11.8 Å². The Kier molecular flexibility index (Phi) is 8.91. The normalized spacial score (nSPS) is 30.6. The van der Waals surface area contributed by atoms with Gasteiger partial charge in [0.2, 0.25) is 5.91 Å². The van der Waals surface area contributed by atoms with Gasteiger partial charge in [-0.2, -0.15) is 0 Å². The van der Waals surface area contributed by atoms with E-state index in [2.05, 4.69) is 42.7 Å². The van der Waals surface area contributed by atoms with Gasteiger partial charge in [-0.3, -0.25) is 14.2 Å². The molecule has 1 amide bonds. The molecule has 1 saturated heterocycles. The molecule has 2 atom stereocenters. The number of rotatable bonds is 8. The summed E-state index contributed by atoms with van der Waals surface area (Å²) < 4.78 is 13.8. The third kappa shape index (κ3) is 6.91. The first-order chi connectivity index (χ1) is 12.7. The Morgan fingerprint density at radius 1 is 1.19 bits per heavy atom. The number of carbonyl (C=O) groups excluding carboxylic acids is 1. The van der Waals surface area contributed by atoms with Crippen LogP contribution in [0.2, 0.25) is 0 Å². The Hall–Kier alpha value is -0.300. The molecule has 1 aliphatic heterocycles. The van der Waals surface area contributed by atoms with E-state index in [1.807, 2.05) is 4.90 Å². The molecular weight excluding hydrogens is 358 g/mol. The van der Waals surface area contributed by atoms with Gasteiger partial charge in [0.1, 0.15) is 0 Å². The molecule has 2 fully saturated rings. The van der Waals surface area contributed by atoms with Gasteiger partial charge in [-0.25, -0.2) is 0 Å². The predicted molar refractivity (Wildman–Crippen MR) is 117 cm³/mol. The second-order valence-corrected chi connectivity index (χ2v) is 12.3. The lowest BCUT2D eigenvalue weighted by Crippen LogP contribution is -2.58. The van der Waals surface area contributed by atoms with E-state index in [-0.39, 0.29) is 11.9 Å². The van der Waals surface area contributed by atoms with Crippen LogP contribution in [0.15, 0.2) is 0 Å². The SMILES string of the molecule is CCNS(C)(C)N[C@H]1CCCN(C(C)=O)[C@H]1COC1CCC(C(C)C)CC1. The monoisotopic (exact) mass is 401 g/mol. The van der Waals surface area contributed by atoms with Crippen LogP contribution >= 0.6 is 10.4 Å². The highest BCUT2D eigenvalue weighted by Crippen LogP contribution is 2.34. The standard InChI is InChI=1S/C21H43N3O2S/c1-7-22-27(5,6)23-20-9-8-14-24(17(4)25)21(20)15-26-19-12-10-18(11-13-19)16(2)3/h16,18-23H,7-15H2,1-6H3/t18?,19?,20-,21-/m0/s1. The van der Waals surface area contributed by atoms with Crippen molar-refractivity contribution in [3.8, 4) is 0 Å². The van der Waals surface area contributed by atoms with Crippen LogP contribution in [-0.4, -0.2) is 61.2 Å². The van der Waals surface area contributed by atoms with Gasteiger partial charge in [-0.1, -0.05) is 20.8 Å². The summed E-state index contributed by atoms with van der Waals surface area (Å²) in [6.07, 6.45) is 12.0. The van der Waals surface area contributed by atoms with Crippen LogP contribution in [0, 0.1) is 11.8 Å². The Bertz CT molecular complexity index is 464. The average Bonchev–Trinajstić information content (AvgIpc) is 2.60. The largest absolute Gasteiger partial charge is 0.376 e. The fourth-order valence-corrected chi connectivity index (χ4v) is 6.57. The highest BCUT2D eigenvalue weighted by atomic mass is 32.3. The number of nitrogens with one attached hydrogen (secondary N) is 2. The van der Waals surface area contributed by atoms with Gasteiger partial charge >= 0.3 is 0 Å². The van der Waals surface area contributed by atoms with E-state index >= 15 is 0 Å². The van der Waals surface area contributed by atoms with Crippen molar-refractivity contribution in [3.05, 3.63) is 0 Å². The Balaban J connectivity index is 1.96. The van der Waals surface area contributed by atoms with Crippen molar-refractivity contribution in [2.75, 3.05) is 32.2 Å². The number of carbonyl (C=O) groups is 1. The number of nitrogens with zero attached hydrogens (tertiary/aromatic N) is 1. The highest BCUT2D eigenvalue weighted by molar-refractivity contribution is 8.29. The number of likely N-dealkylation sites (tertiary alicyclic amines) is 1. The minimum Gasteiger partial charge on any atom is -0.376 e. The summed E-state index contributed by atoms with van der Waals surface area (Å²) in [5, 5.41) is 0. The van der Waals surface area contributed by atoms with Gasteiger partial charge in [-0.15, -0.1) is 10.4 Å². The summed E-state index contributed by atoms with van der Waals surface area (Å²) in [7, 11) is -1.07. The van der Waals surface area contributed by atoms with Crippen molar-refractivity contribution in [3.63, 3.8) is 0 Å². The average molecular weight is 402 g/mol. The zero-order valence-corrected chi connectivity index (χ0v) is 19.2. The van der Waals surface area contributed by atoms with Gasteiger partial charge < -0.3 is 9.64 Å². The van der Waals surface area contributed by atoms with Crippen molar-refractivity contribution < 1.29 is 9.53 Å². The molecule has 0 bridgehead atoms. The summed E-state index contributed by atoms with van der Waals surface area (Å²) in [6, 6.07) is 0.447.